The number of halogens is 1. The monoisotopic (exact) mass is 210 g/mol. The number of carbonyl (C=O) groups excluding carboxylic acids is 1. The molecule has 1 aromatic rings. The van der Waals surface area contributed by atoms with Crippen LogP contribution in [0, 0.1) is 5.82 Å². The highest BCUT2D eigenvalue weighted by atomic mass is 19.1. The van der Waals surface area contributed by atoms with Gasteiger partial charge in [0, 0.05) is 6.07 Å². The average molecular weight is 210 g/mol. The first-order valence-electron chi connectivity index (χ1n) is 4.85. The van der Waals surface area contributed by atoms with Gasteiger partial charge in [-0.3, -0.25) is 4.79 Å². The first-order valence-corrected chi connectivity index (χ1v) is 4.85. The van der Waals surface area contributed by atoms with Crippen LogP contribution in [-0.4, -0.2) is 12.9 Å². The molecule has 1 aromatic carbocycles. The van der Waals surface area contributed by atoms with Crippen molar-refractivity contribution >= 4 is 5.78 Å². The summed E-state index contributed by atoms with van der Waals surface area (Å²) in [6.45, 7) is 5.21. The topological polar surface area (TPSA) is 26.3 Å². The molecule has 0 saturated carbocycles. The van der Waals surface area contributed by atoms with Gasteiger partial charge in [0.05, 0.1) is 12.7 Å². The van der Waals surface area contributed by atoms with Crippen molar-refractivity contribution < 1.29 is 13.9 Å². The van der Waals surface area contributed by atoms with Crippen molar-refractivity contribution in [3.05, 3.63) is 29.1 Å². The molecule has 15 heavy (non-hydrogen) atoms. The number of Topliss-reactive ketones (excluding diaryl/α,β-unsaturated/α-hetero) is 1. The third-order valence-electron chi connectivity index (χ3n) is 2.32. The zero-order valence-electron chi connectivity index (χ0n) is 9.43. The van der Waals surface area contributed by atoms with Crippen molar-refractivity contribution in [1.29, 1.82) is 0 Å². The Kier molecular flexibility index (Phi) is 3.45. The van der Waals surface area contributed by atoms with Crippen LogP contribution in [0.1, 0.15) is 42.6 Å². The van der Waals surface area contributed by atoms with Crippen molar-refractivity contribution in [3.8, 4) is 5.75 Å². The van der Waals surface area contributed by atoms with Gasteiger partial charge in [0.2, 0.25) is 0 Å². The molecule has 1 rings (SSSR count). The van der Waals surface area contributed by atoms with Crippen molar-refractivity contribution in [2.75, 3.05) is 7.11 Å². The Balaban J connectivity index is 3.37. The normalized spacial score (nSPS) is 10.5. The fraction of sp³-hybridized carbons (Fsp3) is 0.417. The lowest BCUT2D eigenvalue weighted by Gasteiger charge is -2.12. The lowest BCUT2D eigenvalue weighted by Crippen LogP contribution is -2.02. The highest BCUT2D eigenvalue weighted by molar-refractivity contribution is 5.97. The molecule has 0 radical (unpaired) electrons. The lowest BCUT2D eigenvalue weighted by molar-refractivity contribution is 0.101. The quantitative estimate of drug-likeness (QED) is 0.716. The Hall–Kier alpha value is -1.38. The second-order valence-corrected chi connectivity index (χ2v) is 3.78. The minimum absolute atomic E-state index is 0.0500. The summed E-state index contributed by atoms with van der Waals surface area (Å²) in [4.78, 5) is 11.3. The Labute approximate surface area is 89.1 Å². The van der Waals surface area contributed by atoms with E-state index in [1.807, 2.05) is 13.8 Å². The van der Waals surface area contributed by atoms with Gasteiger partial charge in [-0.25, -0.2) is 4.39 Å². The molecule has 2 nitrogen and oxygen atoms in total. The van der Waals surface area contributed by atoms with Gasteiger partial charge in [-0.05, 0) is 24.5 Å². The Morgan fingerprint density at radius 2 is 2.00 bits per heavy atom. The van der Waals surface area contributed by atoms with E-state index in [0.29, 0.717) is 16.9 Å². The molecule has 0 amide bonds. The van der Waals surface area contributed by atoms with Crippen LogP contribution >= 0.6 is 0 Å². The standard InChI is InChI=1S/C12H15FO2/c1-7(2)9-5-10(8(3)14)12(15-4)6-11(9)13/h5-7H,1-4H3. The molecule has 0 atom stereocenters. The summed E-state index contributed by atoms with van der Waals surface area (Å²) >= 11 is 0. The molecule has 0 aliphatic rings. The van der Waals surface area contributed by atoms with Gasteiger partial charge in [0.15, 0.2) is 5.78 Å². The van der Waals surface area contributed by atoms with E-state index < -0.39 is 0 Å². The number of ketones is 1. The highest BCUT2D eigenvalue weighted by Crippen LogP contribution is 2.27. The molecule has 0 aromatic heterocycles. The summed E-state index contributed by atoms with van der Waals surface area (Å²) in [7, 11) is 1.43. The maximum Gasteiger partial charge on any atom is 0.163 e. The van der Waals surface area contributed by atoms with Crippen molar-refractivity contribution in [1.82, 2.24) is 0 Å². The maximum atomic E-state index is 13.5. The lowest BCUT2D eigenvalue weighted by atomic mass is 9.98. The van der Waals surface area contributed by atoms with E-state index in [2.05, 4.69) is 0 Å². The van der Waals surface area contributed by atoms with Gasteiger partial charge >= 0.3 is 0 Å². The van der Waals surface area contributed by atoms with Crippen LogP contribution in [0.2, 0.25) is 0 Å². The van der Waals surface area contributed by atoms with Gasteiger partial charge < -0.3 is 4.74 Å². The van der Waals surface area contributed by atoms with E-state index in [4.69, 9.17) is 4.74 Å². The van der Waals surface area contributed by atoms with Gasteiger partial charge in [-0.2, -0.15) is 0 Å². The molecule has 0 bridgehead atoms. The van der Waals surface area contributed by atoms with Crippen LogP contribution < -0.4 is 4.74 Å². The third kappa shape index (κ3) is 2.35. The number of benzene rings is 1. The summed E-state index contributed by atoms with van der Waals surface area (Å²) < 4.78 is 18.5. The Morgan fingerprint density at radius 3 is 2.40 bits per heavy atom. The van der Waals surface area contributed by atoms with E-state index >= 15 is 0 Å². The summed E-state index contributed by atoms with van der Waals surface area (Å²) in [5.41, 5.74) is 0.976. The molecule has 0 heterocycles. The first kappa shape index (κ1) is 11.7. The van der Waals surface area contributed by atoms with Crippen molar-refractivity contribution in [2.24, 2.45) is 0 Å². The minimum atomic E-state index is -0.327. The smallest absolute Gasteiger partial charge is 0.163 e. The van der Waals surface area contributed by atoms with Crippen molar-refractivity contribution in [3.63, 3.8) is 0 Å². The van der Waals surface area contributed by atoms with Gasteiger partial charge in [-0.1, -0.05) is 13.8 Å². The SMILES string of the molecule is COc1cc(F)c(C(C)C)cc1C(C)=O. The maximum absolute atomic E-state index is 13.5. The molecule has 0 spiro atoms. The molecule has 0 saturated heterocycles. The second-order valence-electron chi connectivity index (χ2n) is 3.78. The second kappa shape index (κ2) is 4.43. The van der Waals surface area contributed by atoms with Crippen LogP contribution in [0.25, 0.3) is 0 Å². The summed E-state index contributed by atoms with van der Waals surface area (Å²) in [5.74, 6) is -0.0981. The molecular formula is C12H15FO2. The van der Waals surface area contributed by atoms with Crippen LogP contribution in [-0.2, 0) is 0 Å². The third-order valence-corrected chi connectivity index (χ3v) is 2.32. The molecule has 0 unspecified atom stereocenters. The zero-order chi connectivity index (χ0) is 11.6. The summed E-state index contributed by atoms with van der Waals surface area (Å²) in [6, 6.07) is 2.84. The number of hydrogen-bond acceptors (Lipinski definition) is 2. The minimum Gasteiger partial charge on any atom is -0.496 e. The predicted molar refractivity (Wildman–Crippen MR) is 57.0 cm³/mol. The van der Waals surface area contributed by atoms with E-state index in [1.54, 1.807) is 6.07 Å². The fourth-order valence-corrected chi connectivity index (χ4v) is 1.46. The number of carbonyl (C=O) groups is 1. The Bertz CT molecular complexity index is 383. The zero-order valence-corrected chi connectivity index (χ0v) is 9.43. The first-order chi connectivity index (χ1) is 6.97. The van der Waals surface area contributed by atoms with Crippen molar-refractivity contribution in [2.45, 2.75) is 26.7 Å². The van der Waals surface area contributed by atoms with Crippen LogP contribution in [0.3, 0.4) is 0 Å². The molecule has 3 heteroatoms. The van der Waals surface area contributed by atoms with Crippen LogP contribution in [0.5, 0.6) is 5.75 Å². The number of methoxy groups -OCH3 is 1. The number of ether oxygens (including phenoxy) is 1. The molecule has 0 fully saturated rings. The molecule has 0 N–H and O–H groups in total. The molecule has 0 aliphatic heterocycles. The van der Waals surface area contributed by atoms with Gasteiger partial charge in [-0.15, -0.1) is 0 Å². The molecule has 82 valence electrons. The Morgan fingerprint density at radius 1 is 1.40 bits per heavy atom. The fourth-order valence-electron chi connectivity index (χ4n) is 1.46. The van der Waals surface area contributed by atoms with E-state index in [-0.39, 0.29) is 17.5 Å². The highest BCUT2D eigenvalue weighted by Gasteiger charge is 2.15. The number of rotatable bonds is 3. The predicted octanol–water partition coefficient (Wildman–Crippen LogP) is 3.16. The molecule has 0 aliphatic carbocycles. The number of hydrogen-bond donors (Lipinski definition) is 0. The van der Waals surface area contributed by atoms with E-state index in [0.717, 1.165) is 0 Å². The largest absolute Gasteiger partial charge is 0.496 e. The molecular weight excluding hydrogens is 195 g/mol. The summed E-state index contributed by atoms with van der Waals surface area (Å²) in [6.07, 6.45) is 0. The van der Waals surface area contributed by atoms with Crippen LogP contribution in [0.15, 0.2) is 12.1 Å². The van der Waals surface area contributed by atoms with Gasteiger partial charge in [0.25, 0.3) is 0 Å². The van der Waals surface area contributed by atoms with Crippen LogP contribution in [0.4, 0.5) is 4.39 Å². The summed E-state index contributed by atoms with van der Waals surface area (Å²) in [5, 5.41) is 0. The average Bonchev–Trinajstić information content (AvgIpc) is 2.16. The van der Waals surface area contributed by atoms with E-state index in [9.17, 15) is 9.18 Å². The van der Waals surface area contributed by atoms with E-state index in [1.165, 1.54) is 20.1 Å². The van der Waals surface area contributed by atoms with Gasteiger partial charge in [0.1, 0.15) is 11.6 Å².